The molecule has 0 bridgehead atoms. The zero-order valence-electron chi connectivity index (χ0n) is 17.1. The van der Waals surface area contributed by atoms with Gasteiger partial charge in [0.05, 0.1) is 0 Å². The van der Waals surface area contributed by atoms with E-state index in [1.54, 1.807) is 0 Å². The zero-order valence-corrected chi connectivity index (χ0v) is 20.6. The molecule has 0 rings (SSSR count). The summed E-state index contributed by atoms with van der Waals surface area (Å²) in [5.41, 5.74) is 0. The second kappa shape index (κ2) is 15.0. The van der Waals surface area contributed by atoms with Crippen molar-refractivity contribution in [3.8, 4) is 0 Å². The van der Waals surface area contributed by atoms with E-state index in [2.05, 4.69) is 20.8 Å². The van der Waals surface area contributed by atoms with Crippen molar-refractivity contribution in [1.82, 2.24) is 0 Å². The van der Waals surface area contributed by atoms with E-state index in [0.717, 1.165) is 0 Å². The van der Waals surface area contributed by atoms with Crippen molar-refractivity contribution < 1.29 is 33.0 Å². The van der Waals surface area contributed by atoms with Crippen molar-refractivity contribution in [2.75, 3.05) is 19.8 Å². The molecule has 4 nitrogen and oxygen atoms in total. The molecule has 0 heterocycles. The van der Waals surface area contributed by atoms with Crippen LogP contribution in [-0.2, 0) is 33.0 Å². The molecule has 0 amide bonds. The van der Waals surface area contributed by atoms with Crippen LogP contribution in [0.3, 0.4) is 0 Å². The molecule has 0 aliphatic carbocycles. The molecule has 0 radical (unpaired) electrons. The molecule has 0 unspecified atom stereocenters. The first kappa shape index (κ1) is 24.9. The SMILES string of the molecule is CCCC[Si](CCCC)(CCCC)[O][Zr]([O]CC)([O]CC)[O]CC. The summed E-state index contributed by atoms with van der Waals surface area (Å²) in [6.45, 7) is 14.7. The molecule has 0 fully saturated rings. The first-order valence-electron chi connectivity index (χ1n) is 10.2. The quantitative estimate of drug-likeness (QED) is 0.249. The van der Waals surface area contributed by atoms with Gasteiger partial charge in [0.2, 0.25) is 0 Å². The van der Waals surface area contributed by atoms with Gasteiger partial charge in [0.15, 0.2) is 0 Å². The molecular weight excluding hydrogens is 400 g/mol. The van der Waals surface area contributed by atoms with Crippen molar-refractivity contribution in [2.45, 2.75) is 98.2 Å². The van der Waals surface area contributed by atoms with E-state index in [4.69, 9.17) is 10.9 Å². The summed E-state index contributed by atoms with van der Waals surface area (Å²) in [6, 6.07) is 3.65. The summed E-state index contributed by atoms with van der Waals surface area (Å²) in [5, 5.41) is 0. The number of rotatable bonds is 17. The third-order valence-corrected chi connectivity index (χ3v) is 18.5. The third kappa shape index (κ3) is 9.59. The Morgan fingerprint density at radius 1 is 0.583 bits per heavy atom. The number of unbranched alkanes of at least 4 members (excludes halogenated alkanes) is 3. The summed E-state index contributed by atoms with van der Waals surface area (Å²) >= 11 is -3.90. The first-order valence-corrected chi connectivity index (χ1v) is 16.7. The Labute approximate surface area is 159 Å². The average Bonchev–Trinajstić information content (AvgIpc) is 2.57. The summed E-state index contributed by atoms with van der Waals surface area (Å²) in [6.07, 6.45) is 7.38. The topological polar surface area (TPSA) is 36.9 Å². The fourth-order valence-corrected chi connectivity index (χ4v) is 18.5. The van der Waals surface area contributed by atoms with Gasteiger partial charge in [-0.15, -0.1) is 0 Å². The molecule has 0 aromatic carbocycles. The van der Waals surface area contributed by atoms with E-state index in [1.165, 1.54) is 56.7 Å². The van der Waals surface area contributed by atoms with E-state index >= 15 is 0 Å². The van der Waals surface area contributed by atoms with Gasteiger partial charge in [0.25, 0.3) is 0 Å². The fourth-order valence-electron chi connectivity index (χ4n) is 3.03. The second-order valence-electron chi connectivity index (χ2n) is 6.39. The van der Waals surface area contributed by atoms with Gasteiger partial charge in [-0.2, -0.15) is 0 Å². The summed E-state index contributed by atoms with van der Waals surface area (Å²) in [7, 11) is -1.89. The van der Waals surface area contributed by atoms with E-state index in [1.807, 2.05) is 20.8 Å². The van der Waals surface area contributed by atoms with Crippen LogP contribution in [-0.4, -0.2) is 28.1 Å². The molecule has 0 aromatic heterocycles. The van der Waals surface area contributed by atoms with Gasteiger partial charge >= 0.3 is 159 Å². The molecule has 0 aliphatic heterocycles. The van der Waals surface area contributed by atoms with Crippen molar-refractivity contribution >= 4 is 8.32 Å². The van der Waals surface area contributed by atoms with E-state index in [9.17, 15) is 0 Å². The molecule has 0 N–H and O–H groups in total. The van der Waals surface area contributed by atoms with Gasteiger partial charge < -0.3 is 0 Å². The molecule has 0 spiro atoms. The minimum absolute atomic E-state index is 0.607. The van der Waals surface area contributed by atoms with Crippen LogP contribution in [0.5, 0.6) is 0 Å². The van der Waals surface area contributed by atoms with Gasteiger partial charge in [-0.05, 0) is 0 Å². The van der Waals surface area contributed by atoms with E-state index in [0.29, 0.717) is 19.8 Å². The Kier molecular flexibility index (Phi) is 15.6. The minimum atomic E-state index is -3.90. The Morgan fingerprint density at radius 3 is 1.17 bits per heavy atom. The van der Waals surface area contributed by atoms with Crippen molar-refractivity contribution in [3.63, 3.8) is 0 Å². The molecule has 0 saturated carbocycles. The molecule has 6 heteroatoms. The predicted octanol–water partition coefficient (Wildman–Crippen LogP) is 6.27. The Balaban J connectivity index is 5.47. The van der Waals surface area contributed by atoms with E-state index in [-0.39, 0.29) is 0 Å². The second-order valence-corrected chi connectivity index (χ2v) is 16.6. The van der Waals surface area contributed by atoms with Gasteiger partial charge in [0.1, 0.15) is 0 Å². The molecular formula is C18H42O4SiZr. The molecule has 0 atom stereocenters. The van der Waals surface area contributed by atoms with Crippen LogP contribution in [0.4, 0.5) is 0 Å². The van der Waals surface area contributed by atoms with Crippen LogP contribution >= 0.6 is 0 Å². The first-order chi connectivity index (χ1) is 11.6. The molecule has 0 saturated heterocycles. The number of hydrogen-bond donors (Lipinski definition) is 0. The molecule has 0 aliphatic rings. The van der Waals surface area contributed by atoms with Gasteiger partial charge in [0, 0.05) is 0 Å². The predicted molar refractivity (Wildman–Crippen MR) is 101 cm³/mol. The van der Waals surface area contributed by atoms with Crippen LogP contribution in [0.25, 0.3) is 0 Å². The van der Waals surface area contributed by atoms with Crippen LogP contribution < -0.4 is 0 Å². The van der Waals surface area contributed by atoms with Gasteiger partial charge in [-0.25, -0.2) is 0 Å². The Morgan fingerprint density at radius 2 is 0.917 bits per heavy atom. The van der Waals surface area contributed by atoms with Crippen molar-refractivity contribution in [2.24, 2.45) is 0 Å². The molecule has 0 aromatic rings. The van der Waals surface area contributed by atoms with Crippen molar-refractivity contribution in [3.05, 3.63) is 0 Å². The average molecular weight is 442 g/mol. The van der Waals surface area contributed by atoms with Crippen molar-refractivity contribution in [1.29, 1.82) is 0 Å². The summed E-state index contributed by atoms with van der Waals surface area (Å²) in [4.78, 5) is 0. The fraction of sp³-hybridized carbons (Fsp3) is 1.00. The Bertz CT molecular complexity index is 253. The van der Waals surface area contributed by atoms with Crippen LogP contribution in [0.1, 0.15) is 80.1 Å². The van der Waals surface area contributed by atoms with Gasteiger partial charge in [-0.3, -0.25) is 0 Å². The standard InChI is InChI=1S/C12H27OSi.3C2H5O.Zr/c1-4-7-10-14(13,11-8-5-2)12-9-6-3;3*1-2-3;/h4-12H2,1-3H3;3*2H2,1H3;/q4*-1;+4. The van der Waals surface area contributed by atoms with Crippen LogP contribution in [0, 0.1) is 0 Å². The normalized spacial score (nSPS) is 12.8. The monoisotopic (exact) mass is 440 g/mol. The van der Waals surface area contributed by atoms with Crippen LogP contribution in [0.15, 0.2) is 0 Å². The maximum atomic E-state index is 6.94. The summed E-state index contributed by atoms with van der Waals surface area (Å²) in [5.74, 6) is 0. The van der Waals surface area contributed by atoms with Crippen LogP contribution in [0.2, 0.25) is 18.1 Å². The Hall–Kier alpha value is 0.940. The van der Waals surface area contributed by atoms with Gasteiger partial charge in [-0.1, -0.05) is 0 Å². The zero-order chi connectivity index (χ0) is 18.3. The molecule has 146 valence electrons. The molecule has 24 heavy (non-hydrogen) atoms. The third-order valence-electron chi connectivity index (χ3n) is 4.26. The maximum absolute atomic E-state index is 6.94. The van der Waals surface area contributed by atoms with E-state index < -0.39 is 30.3 Å². The number of hydrogen-bond acceptors (Lipinski definition) is 4. The summed E-state index contributed by atoms with van der Waals surface area (Å²) < 4.78 is 25.2.